The van der Waals surface area contributed by atoms with Crippen LogP contribution >= 0.6 is 0 Å². The van der Waals surface area contributed by atoms with Gasteiger partial charge in [-0.25, -0.2) is 0 Å². The number of carbonyl (C=O) groups is 1. The third-order valence-corrected chi connectivity index (χ3v) is 3.38. The number of esters is 1. The predicted octanol–water partition coefficient (Wildman–Crippen LogP) is 2.49. The summed E-state index contributed by atoms with van der Waals surface area (Å²) >= 11 is 0. The standard InChI is InChI=1S/C14H26N2O2/c1-6-11(2)12(13(17)18-5)16-10-14(3,4)8-7-9-15/h11-12,16H,6-8,10H2,1-5H3. The summed E-state index contributed by atoms with van der Waals surface area (Å²) in [5.74, 6) is 0.0321. The maximum absolute atomic E-state index is 11.7. The van der Waals surface area contributed by atoms with Gasteiger partial charge in [0, 0.05) is 13.0 Å². The Morgan fingerprint density at radius 1 is 1.50 bits per heavy atom. The monoisotopic (exact) mass is 254 g/mol. The second-order valence-electron chi connectivity index (χ2n) is 5.59. The molecule has 1 N–H and O–H groups in total. The van der Waals surface area contributed by atoms with Crippen molar-refractivity contribution in [1.29, 1.82) is 5.26 Å². The summed E-state index contributed by atoms with van der Waals surface area (Å²) < 4.78 is 4.83. The first-order chi connectivity index (χ1) is 8.37. The van der Waals surface area contributed by atoms with E-state index in [2.05, 4.69) is 32.2 Å². The number of ether oxygens (including phenoxy) is 1. The molecule has 0 aliphatic carbocycles. The molecule has 0 aliphatic rings. The zero-order chi connectivity index (χ0) is 14.2. The van der Waals surface area contributed by atoms with Crippen molar-refractivity contribution < 1.29 is 9.53 Å². The summed E-state index contributed by atoms with van der Waals surface area (Å²) in [5.41, 5.74) is 0.00939. The Morgan fingerprint density at radius 2 is 2.11 bits per heavy atom. The van der Waals surface area contributed by atoms with Crippen molar-refractivity contribution in [2.75, 3.05) is 13.7 Å². The smallest absolute Gasteiger partial charge is 0.323 e. The topological polar surface area (TPSA) is 62.1 Å². The van der Waals surface area contributed by atoms with E-state index in [9.17, 15) is 4.79 Å². The van der Waals surface area contributed by atoms with Gasteiger partial charge in [0.05, 0.1) is 13.2 Å². The predicted molar refractivity (Wildman–Crippen MR) is 71.9 cm³/mol. The van der Waals surface area contributed by atoms with Crippen LogP contribution in [0.3, 0.4) is 0 Å². The molecule has 0 heterocycles. The van der Waals surface area contributed by atoms with Crippen LogP contribution < -0.4 is 5.32 Å². The third-order valence-electron chi connectivity index (χ3n) is 3.38. The average molecular weight is 254 g/mol. The molecule has 0 radical (unpaired) electrons. The summed E-state index contributed by atoms with van der Waals surface area (Å²) in [4.78, 5) is 11.7. The highest BCUT2D eigenvalue weighted by Crippen LogP contribution is 2.21. The molecular weight excluding hydrogens is 228 g/mol. The van der Waals surface area contributed by atoms with Crippen LogP contribution in [-0.4, -0.2) is 25.7 Å². The number of nitriles is 1. The van der Waals surface area contributed by atoms with E-state index in [1.165, 1.54) is 7.11 Å². The lowest BCUT2D eigenvalue weighted by molar-refractivity contribution is -0.144. The van der Waals surface area contributed by atoms with Crippen molar-refractivity contribution in [1.82, 2.24) is 5.32 Å². The Morgan fingerprint density at radius 3 is 2.56 bits per heavy atom. The van der Waals surface area contributed by atoms with Gasteiger partial charge >= 0.3 is 5.97 Å². The van der Waals surface area contributed by atoms with Crippen LogP contribution in [0, 0.1) is 22.7 Å². The molecule has 104 valence electrons. The van der Waals surface area contributed by atoms with Crippen molar-refractivity contribution in [3.63, 3.8) is 0 Å². The molecular formula is C14H26N2O2. The van der Waals surface area contributed by atoms with Crippen LogP contribution in [0.2, 0.25) is 0 Å². The van der Waals surface area contributed by atoms with Gasteiger partial charge in [0.1, 0.15) is 6.04 Å². The average Bonchev–Trinajstić information content (AvgIpc) is 2.35. The lowest BCUT2D eigenvalue weighted by Gasteiger charge is -2.29. The van der Waals surface area contributed by atoms with Gasteiger partial charge in [-0.3, -0.25) is 4.79 Å². The molecule has 2 unspecified atom stereocenters. The molecule has 0 bridgehead atoms. The number of carbonyl (C=O) groups excluding carboxylic acids is 1. The molecule has 0 aromatic carbocycles. The van der Waals surface area contributed by atoms with E-state index in [-0.39, 0.29) is 23.3 Å². The largest absolute Gasteiger partial charge is 0.468 e. The molecule has 0 saturated carbocycles. The van der Waals surface area contributed by atoms with Crippen LogP contribution in [0.25, 0.3) is 0 Å². The van der Waals surface area contributed by atoms with E-state index in [1.807, 2.05) is 6.92 Å². The quantitative estimate of drug-likeness (QED) is 0.676. The fraction of sp³-hybridized carbons (Fsp3) is 0.857. The molecule has 0 fully saturated rings. The van der Waals surface area contributed by atoms with Gasteiger partial charge < -0.3 is 10.1 Å². The van der Waals surface area contributed by atoms with Gasteiger partial charge in [-0.1, -0.05) is 34.1 Å². The van der Waals surface area contributed by atoms with Gasteiger partial charge in [-0.15, -0.1) is 0 Å². The van der Waals surface area contributed by atoms with Crippen LogP contribution in [0.1, 0.15) is 47.0 Å². The first kappa shape index (κ1) is 16.9. The van der Waals surface area contributed by atoms with Crippen molar-refractivity contribution in [2.45, 2.75) is 53.0 Å². The van der Waals surface area contributed by atoms with Crippen molar-refractivity contribution in [3.05, 3.63) is 0 Å². The third kappa shape index (κ3) is 6.02. The molecule has 2 atom stereocenters. The van der Waals surface area contributed by atoms with Gasteiger partial charge in [0.25, 0.3) is 0 Å². The lowest BCUT2D eigenvalue weighted by Crippen LogP contribution is -2.46. The molecule has 0 spiro atoms. The van der Waals surface area contributed by atoms with Crippen molar-refractivity contribution in [3.8, 4) is 6.07 Å². The number of methoxy groups -OCH3 is 1. The summed E-state index contributed by atoms with van der Waals surface area (Å²) in [6.07, 6.45) is 2.29. The highest BCUT2D eigenvalue weighted by Gasteiger charge is 2.27. The second-order valence-corrected chi connectivity index (χ2v) is 5.59. The molecule has 4 nitrogen and oxygen atoms in total. The van der Waals surface area contributed by atoms with Crippen LogP contribution in [0.5, 0.6) is 0 Å². The minimum atomic E-state index is -0.263. The summed E-state index contributed by atoms with van der Waals surface area (Å²) in [6, 6.07) is 1.90. The number of hydrogen-bond acceptors (Lipinski definition) is 4. The number of hydrogen-bond donors (Lipinski definition) is 1. The SMILES string of the molecule is CCC(C)C(NCC(C)(C)CCC#N)C(=O)OC. The van der Waals surface area contributed by atoms with Gasteiger partial charge in [0.2, 0.25) is 0 Å². The first-order valence-corrected chi connectivity index (χ1v) is 6.56. The zero-order valence-corrected chi connectivity index (χ0v) is 12.2. The highest BCUT2D eigenvalue weighted by atomic mass is 16.5. The fourth-order valence-corrected chi connectivity index (χ4v) is 1.75. The second kappa shape index (κ2) is 8.10. The molecule has 0 rings (SSSR count). The van der Waals surface area contributed by atoms with Crippen LogP contribution in [0.4, 0.5) is 0 Å². The van der Waals surface area contributed by atoms with Gasteiger partial charge in [-0.2, -0.15) is 5.26 Å². The van der Waals surface area contributed by atoms with Crippen LogP contribution in [0.15, 0.2) is 0 Å². The highest BCUT2D eigenvalue weighted by molar-refractivity contribution is 5.75. The molecule has 0 aliphatic heterocycles. The number of nitrogens with zero attached hydrogens (tertiary/aromatic N) is 1. The Bertz CT molecular complexity index is 295. The molecule has 0 amide bonds. The van der Waals surface area contributed by atoms with E-state index in [1.54, 1.807) is 0 Å². The summed E-state index contributed by atoms with van der Waals surface area (Å²) in [5, 5.41) is 11.9. The Balaban J connectivity index is 4.43. The Labute approximate surface area is 111 Å². The van der Waals surface area contributed by atoms with Crippen LogP contribution in [-0.2, 0) is 9.53 Å². The van der Waals surface area contributed by atoms with E-state index in [0.717, 1.165) is 12.8 Å². The van der Waals surface area contributed by atoms with Crippen molar-refractivity contribution >= 4 is 5.97 Å². The van der Waals surface area contributed by atoms with Crippen molar-refractivity contribution in [2.24, 2.45) is 11.3 Å². The lowest BCUT2D eigenvalue weighted by atomic mass is 9.87. The maximum Gasteiger partial charge on any atom is 0.323 e. The molecule has 0 saturated heterocycles. The Kier molecular flexibility index (Phi) is 7.61. The van der Waals surface area contributed by atoms with Gasteiger partial charge in [0.15, 0.2) is 0 Å². The van der Waals surface area contributed by atoms with E-state index in [0.29, 0.717) is 13.0 Å². The minimum Gasteiger partial charge on any atom is -0.468 e. The minimum absolute atomic E-state index is 0.00939. The summed E-state index contributed by atoms with van der Waals surface area (Å²) in [7, 11) is 1.42. The maximum atomic E-state index is 11.7. The van der Waals surface area contributed by atoms with E-state index >= 15 is 0 Å². The molecule has 0 aromatic rings. The normalized spacial score (nSPS) is 14.7. The number of nitrogens with one attached hydrogen (secondary N) is 1. The number of rotatable bonds is 8. The zero-order valence-electron chi connectivity index (χ0n) is 12.2. The van der Waals surface area contributed by atoms with E-state index in [4.69, 9.17) is 10.00 Å². The summed E-state index contributed by atoms with van der Waals surface area (Å²) in [6.45, 7) is 9.00. The Hall–Kier alpha value is -1.08. The fourth-order valence-electron chi connectivity index (χ4n) is 1.75. The molecule has 0 aromatic heterocycles. The molecule has 4 heteroatoms. The molecule has 18 heavy (non-hydrogen) atoms. The van der Waals surface area contributed by atoms with E-state index < -0.39 is 0 Å². The first-order valence-electron chi connectivity index (χ1n) is 6.56. The van der Waals surface area contributed by atoms with Gasteiger partial charge in [-0.05, 0) is 17.8 Å².